The number of rotatable bonds is 5. The summed E-state index contributed by atoms with van der Waals surface area (Å²) in [5.41, 5.74) is 3.15. The third-order valence-electron chi connectivity index (χ3n) is 4.50. The van der Waals surface area contributed by atoms with Crippen LogP contribution in [0.15, 0.2) is 15.9 Å². The van der Waals surface area contributed by atoms with E-state index >= 15 is 0 Å². The van der Waals surface area contributed by atoms with Crippen molar-refractivity contribution in [1.29, 1.82) is 0 Å². The van der Waals surface area contributed by atoms with Crippen molar-refractivity contribution in [2.75, 3.05) is 13.1 Å². The van der Waals surface area contributed by atoms with Gasteiger partial charge < -0.3 is 0 Å². The van der Waals surface area contributed by atoms with Gasteiger partial charge in [-0.25, -0.2) is 0 Å². The first kappa shape index (κ1) is 16.4. The summed E-state index contributed by atoms with van der Waals surface area (Å²) in [4.78, 5) is 4.00. The Morgan fingerprint density at radius 1 is 1.35 bits per heavy atom. The number of likely N-dealkylation sites (tertiary alicyclic amines) is 1. The lowest BCUT2D eigenvalue weighted by Crippen LogP contribution is -2.60. The third kappa shape index (κ3) is 4.04. The Hall–Kier alpha value is 0.0600. The van der Waals surface area contributed by atoms with Crippen LogP contribution in [0.25, 0.3) is 0 Å². The van der Waals surface area contributed by atoms with Gasteiger partial charge in [0.1, 0.15) is 0 Å². The molecule has 1 fully saturated rings. The van der Waals surface area contributed by atoms with Gasteiger partial charge in [0.15, 0.2) is 0 Å². The minimum absolute atomic E-state index is 0.0789. The highest BCUT2D eigenvalue weighted by Gasteiger charge is 2.35. The molecule has 0 spiro atoms. The van der Waals surface area contributed by atoms with Crippen LogP contribution in [0.3, 0.4) is 0 Å². The monoisotopic (exact) mass is 359 g/mol. The number of nitrogens with one attached hydrogen (secondary N) is 1. The summed E-state index contributed by atoms with van der Waals surface area (Å²) in [5.74, 6) is 5.88. The first-order valence-corrected chi connectivity index (χ1v) is 9.15. The van der Waals surface area contributed by atoms with Crippen LogP contribution in [-0.4, -0.2) is 29.6 Å². The van der Waals surface area contributed by atoms with Crippen molar-refractivity contribution in [3.63, 3.8) is 0 Å². The van der Waals surface area contributed by atoms with E-state index in [1.807, 2.05) is 0 Å². The second-order valence-electron chi connectivity index (χ2n) is 6.21. The van der Waals surface area contributed by atoms with Crippen LogP contribution >= 0.6 is 27.3 Å². The summed E-state index contributed by atoms with van der Waals surface area (Å²) < 4.78 is 1.17. The molecular formula is C15H26BrN3S. The predicted octanol–water partition coefficient (Wildman–Crippen LogP) is 3.54. The number of nitrogens with zero attached hydrogens (tertiary/aromatic N) is 1. The molecule has 1 aliphatic heterocycles. The zero-order valence-corrected chi connectivity index (χ0v) is 14.9. The third-order valence-corrected chi connectivity index (χ3v) is 6.22. The zero-order chi connectivity index (χ0) is 14.6. The molecule has 5 heteroatoms. The smallest absolute Gasteiger partial charge is 0.0437 e. The number of halogens is 1. The zero-order valence-electron chi connectivity index (χ0n) is 12.5. The fourth-order valence-corrected chi connectivity index (χ4v) is 4.54. The minimum Gasteiger partial charge on any atom is -0.297 e. The fraction of sp³-hybridized carbons (Fsp3) is 0.733. The second-order valence-corrected chi connectivity index (χ2v) is 8.12. The minimum atomic E-state index is 0.0789. The second kappa shape index (κ2) is 7.36. The molecule has 1 atom stereocenters. The van der Waals surface area contributed by atoms with E-state index in [1.54, 1.807) is 11.3 Å². The van der Waals surface area contributed by atoms with Crippen molar-refractivity contribution < 1.29 is 0 Å². The molecule has 3 N–H and O–H groups in total. The molecule has 2 rings (SSSR count). The maximum absolute atomic E-state index is 5.88. The van der Waals surface area contributed by atoms with Gasteiger partial charge >= 0.3 is 0 Å². The molecule has 0 saturated carbocycles. The summed E-state index contributed by atoms with van der Waals surface area (Å²) in [6, 6.07) is 2.47. The van der Waals surface area contributed by atoms with Crippen molar-refractivity contribution in [1.82, 2.24) is 10.3 Å². The normalized spacial score (nSPS) is 19.8. The van der Waals surface area contributed by atoms with Crippen LogP contribution in [0.4, 0.5) is 0 Å². The lowest BCUT2D eigenvalue weighted by Gasteiger charge is -2.43. The van der Waals surface area contributed by atoms with Crippen LogP contribution in [0.2, 0.25) is 0 Å². The van der Waals surface area contributed by atoms with E-state index in [0.29, 0.717) is 0 Å². The van der Waals surface area contributed by atoms with Gasteiger partial charge in [-0.3, -0.25) is 16.2 Å². The van der Waals surface area contributed by atoms with Gasteiger partial charge in [-0.1, -0.05) is 12.8 Å². The molecule has 0 amide bonds. The fourth-order valence-electron chi connectivity index (χ4n) is 3.04. The summed E-state index contributed by atoms with van der Waals surface area (Å²) in [5, 5.41) is 2.14. The topological polar surface area (TPSA) is 41.3 Å². The van der Waals surface area contributed by atoms with Crippen LogP contribution in [-0.2, 0) is 6.42 Å². The predicted molar refractivity (Wildman–Crippen MR) is 91.0 cm³/mol. The molecule has 0 aliphatic carbocycles. The highest BCUT2D eigenvalue weighted by molar-refractivity contribution is 9.10. The van der Waals surface area contributed by atoms with E-state index < -0.39 is 0 Å². The molecule has 0 radical (unpaired) electrons. The van der Waals surface area contributed by atoms with E-state index in [1.165, 1.54) is 48.1 Å². The van der Waals surface area contributed by atoms with Crippen LogP contribution in [0.5, 0.6) is 0 Å². The molecule has 1 aliphatic rings. The average molecular weight is 360 g/mol. The van der Waals surface area contributed by atoms with Crippen LogP contribution in [0, 0.1) is 0 Å². The molecule has 0 aromatic carbocycles. The number of hydrogen-bond acceptors (Lipinski definition) is 4. The maximum Gasteiger partial charge on any atom is 0.0437 e. The van der Waals surface area contributed by atoms with Crippen LogP contribution < -0.4 is 11.3 Å². The first-order chi connectivity index (χ1) is 9.54. The Morgan fingerprint density at radius 3 is 2.50 bits per heavy atom. The van der Waals surface area contributed by atoms with E-state index in [2.05, 4.69) is 51.5 Å². The molecule has 1 saturated heterocycles. The van der Waals surface area contributed by atoms with Crippen molar-refractivity contribution in [3.05, 3.63) is 20.8 Å². The molecule has 1 aromatic heterocycles. The summed E-state index contributed by atoms with van der Waals surface area (Å²) in [6.45, 7) is 7.04. The molecule has 1 aromatic rings. The van der Waals surface area contributed by atoms with E-state index in [-0.39, 0.29) is 11.6 Å². The Kier molecular flexibility index (Phi) is 6.05. The Bertz CT molecular complexity index is 411. The van der Waals surface area contributed by atoms with E-state index in [0.717, 1.165) is 6.42 Å². The SMILES string of the molecule is CC(C)(C(Cc1cc(Br)cs1)NN)N1CCCCCC1. The molecule has 2 heterocycles. The molecular weight excluding hydrogens is 334 g/mol. The van der Waals surface area contributed by atoms with Crippen molar-refractivity contribution in [3.8, 4) is 0 Å². The summed E-state index contributed by atoms with van der Waals surface area (Å²) in [6.07, 6.45) is 6.34. The summed E-state index contributed by atoms with van der Waals surface area (Å²) in [7, 11) is 0. The molecule has 3 nitrogen and oxygen atoms in total. The quantitative estimate of drug-likeness (QED) is 0.623. The van der Waals surface area contributed by atoms with E-state index in [9.17, 15) is 0 Å². The number of hydrazine groups is 1. The van der Waals surface area contributed by atoms with Crippen LogP contribution in [0.1, 0.15) is 44.4 Å². The first-order valence-electron chi connectivity index (χ1n) is 7.48. The standard InChI is InChI=1S/C15H26BrN3S/c1-15(2,19-7-5-3-4-6-8-19)14(18-17)10-13-9-12(16)11-20-13/h9,11,14,18H,3-8,10,17H2,1-2H3. The Labute approximate surface area is 135 Å². The van der Waals surface area contributed by atoms with Gasteiger partial charge in [0.25, 0.3) is 0 Å². The van der Waals surface area contributed by atoms with Gasteiger partial charge in [-0.05, 0) is 61.8 Å². The number of hydrogen-bond donors (Lipinski definition) is 2. The molecule has 20 heavy (non-hydrogen) atoms. The average Bonchev–Trinajstić information content (AvgIpc) is 2.68. The maximum atomic E-state index is 5.88. The van der Waals surface area contributed by atoms with Gasteiger partial charge in [0.05, 0.1) is 0 Å². The number of nitrogens with two attached hydrogens (primary N) is 1. The Balaban J connectivity index is 2.07. The lowest BCUT2D eigenvalue weighted by atomic mass is 9.89. The van der Waals surface area contributed by atoms with E-state index in [4.69, 9.17) is 5.84 Å². The van der Waals surface area contributed by atoms with Gasteiger partial charge in [0.2, 0.25) is 0 Å². The highest BCUT2D eigenvalue weighted by atomic mass is 79.9. The van der Waals surface area contributed by atoms with Crippen molar-refractivity contribution in [2.24, 2.45) is 5.84 Å². The highest BCUT2D eigenvalue weighted by Crippen LogP contribution is 2.28. The number of thiophene rings is 1. The van der Waals surface area contributed by atoms with Crippen molar-refractivity contribution >= 4 is 27.3 Å². The molecule has 1 unspecified atom stereocenters. The van der Waals surface area contributed by atoms with Gasteiger partial charge in [0, 0.05) is 32.7 Å². The molecule has 114 valence electrons. The molecule has 0 bridgehead atoms. The Morgan fingerprint density at radius 2 is 2.00 bits per heavy atom. The van der Waals surface area contributed by atoms with Gasteiger partial charge in [-0.2, -0.15) is 0 Å². The summed E-state index contributed by atoms with van der Waals surface area (Å²) >= 11 is 5.33. The largest absolute Gasteiger partial charge is 0.297 e. The van der Waals surface area contributed by atoms with Crippen molar-refractivity contribution in [2.45, 2.75) is 57.5 Å². The van der Waals surface area contributed by atoms with Gasteiger partial charge in [-0.15, -0.1) is 11.3 Å². The lowest BCUT2D eigenvalue weighted by molar-refractivity contribution is 0.0838.